The SMILES string of the molecule is [C-]1=CCCc2ccccc21. The van der Waals surface area contributed by atoms with Crippen molar-refractivity contribution in [2.75, 3.05) is 0 Å². The summed E-state index contributed by atoms with van der Waals surface area (Å²) in [7, 11) is 0. The Balaban J connectivity index is 2.54. The molecule has 0 heteroatoms. The quantitative estimate of drug-likeness (QED) is 0.472. The van der Waals surface area contributed by atoms with E-state index in [1.165, 1.54) is 17.5 Å². The average molecular weight is 129 g/mol. The van der Waals surface area contributed by atoms with Crippen LogP contribution in [0.25, 0.3) is 0 Å². The maximum Gasteiger partial charge on any atom is -0.0530 e. The van der Waals surface area contributed by atoms with E-state index in [-0.39, 0.29) is 0 Å². The number of benzene rings is 1. The molecule has 0 spiro atoms. The fraction of sp³-hybridized carbons (Fsp3) is 0.200. The van der Waals surface area contributed by atoms with Crippen molar-refractivity contribution < 1.29 is 0 Å². The van der Waals surface area contributed by atoms with E-state index in [1.807, 2.05) is 0 Å². The molecule has 0 bridgehead atoms. The lowest BCUT2D eigenvalue weighted by atomic mass is 9.98. The third-order valence-corrected chi connectivity index (χ3v) is 1.83. The normalized spacial score (nSPS) is 14.8. The number of hydrogen-bond acceptors (Lipinski definition) is 0. The van der Waals surface area contributed by atoms with Crippen molar-refractivity contribution in [2.24, 2.45) is 0 Å². The number of allylic oxidation sites excluding steroid dienone is 1. The van der Waals surface area contributed by atoms with Crippen molar-refractivity contribution >= 4 is 0 Å². The lowest BCUT2D eigenvalue weighted by molar-refractivity contribution is 0.965. The van der Waals surface area contributed by atoms with Gasteiger partial charge >= 0.3 is 0 Å². The summed E-state index contributed by atoms with van der Waals surface area (Å²) in [5, 5.41) is 0. The molecule has 1 aliphatic rings. The molecule has 0 saturated heterocycles. The highest BCUT2D eigenvalue weighted by molar-refractivity contribution is 5.34. The summed E-state index contributed by atoms with van der Waals surface area (Å²) in [5.41, 5.74) is 2.71. The van der Waals surface area contributed by atoms with Gasteiger partial charge in [0.15, 0.2) is 0 Å². The number of hydrogen-bond donors (Lipinski definition) is 0. The first kappa shape index (κ1) is 5.72. The van der Waals surface area contributed by atoms with Crippen LogP contribution >= 0.6 is 0 Å². The van der Waals surface area contributed by atoms with E-state index in [2.05, 4.69) is 36.4 Å². The van der Waals surface area contributed by atoms with Gasteiger partial charge in [0.25, 0.3) is 0 Å². The van der Waals surface area contributed by atoms with Crippen LogP contribution in [0.1, 0.15) is 17.5 Å². The highest BCUT2D eigenvalue weighted by Gasteiger charge is 1.91. The zero-order valence-electron chi connectivity index (χ0n) is 5.80. The number of fused-ring (bicyclic) bond motifs is 1. The summed E-state index contributed by atoms with van der Waals surface area (Å²) in [5.74, 6) is 0. The Morgan fingerprint density at radius 3 is 3.00 bits per heavy atom. The molecule has 0 aromatic heterocycles. The van der Waals surface area contributed by atoms with Gasteiger partial charge < -0.3 is 0 Å². The highest BCUT2D eigenvalue weighted by Crippen LogP contribution is 2.15. The van der Waals surface area contributed by atoms with Crippen molar-refractivity contribution in [2.45, 2.75) is 12.8 Å². The van der Waals surface area contributed by atoms with Gasteiger partial charge in [-0.3, -0.25) is 0 Å². The van der Waals surface area contributed by atoms with Gasteiger partial charge in [0, 0.05) is 0 Å². The molecule has 0 unspecified atom stereocenters. The van der Waals surface area contributed by atoms with Crippen LogP contribution in [-0.4, -0.2) is 0 Å². The van der Waals surface area contributed by atoms with Gasteiger partial charge in [-0.25, -0.2) is 0 Å². The van der Waals surface area contributed by atoms with Crippen molar-refractivity contribution in [3.63, 3.8) is 0 Å². The molecule has 0 fully saturated rings. The van der Waals surface area contributed by atoms with Gasteiger partial charge in [-0.1, -0.05) is 18.9 Å². The van der Waals surface area contributed by atoms with E-state index in [4.69, 9.17) is 0 Å². The zero-order valence-corrected chi connectivity index (χ0v) is 5.80. The summed E-state index contributed by atoms with van der Waals surface area (Å²) in [6, 6.07) is 8.44. The van der Waals surface area contributed by atoms with Crippen LogP contribution < -0.4 is 0 Å². The molecule has 0 heterocycles. The molecule has 0 N–H and O–H groups in total. The van der Waals surface area contributed by atoms with E-state index in [0.717, 1.165) is 6.42 Å². The van der Waals surface area contributed by atoms with E-state index >= 15 is 0 Å². The maximum atomic E-state index is 3.24. The smallest absolute Gasteiger partial charge is 0.0530 e. The monoisotopic (exact) mass is 129 g/mol. The molecule has 1 aromatic rings. The third-order valence-electron chi connectivity index (χ3n) is 1.83. The Bertz CT molecular complexity index is 258. The minimum absolute atomic E-state index is 1.15. The molecule has 0 aliphatic heterocycles. The first-order valence-corrected chi connectivity index (χ1v) is 3.63. The first-order valence-electron chi connectivity index (χ1n) is 3.63. The summed E-state index contributed by atoms with van der Waals surface area (Å²) in [4.78, 5) is 0. The first-order chi connectivity index (χ1) is 4.97. The predicted molar refractivity (Wildman–Crippen MR) is 41.7 cm³/mol. The summed E-state index contributed by atoms with van der Waals surface area (Å²) in [6.45, 7) is 0. The standard InChI is InChI=1S/C10H9/c1-2-6-10-8-4-3-7-9(10)5-1/h1-3,5-6H,4,8H2/q-1. The number of aryl methyl sites for hydroxylation is 1. The molecular weight excluding hydrogens is 120 g/mol. The van der Waals surface area contributed by atoms with Gasteiger partial charge in [0.2, 0.25) is 0 Å². The van der Waals surface area contributed by atoms with Crippen molar-refractivity contribution in [3.05, 3.63) is 47.5 Å². The van der Waals surface area contributed by atoms with Gasteiger partial charge in [-0.15, -0.1) is 23.8 Å². The van der Waals surface area contributed by atoms with E-state index in [1.54, 1.807) is 0 Å². The summed E-state index contributed by atoms with van der Waals surface area (Å²) >= 11 is 0. The van der Waals surface area contributed by atoms with Gasteiger partial charge in [-0.05, 0) is 0 Å². The lowest BCUT2D eigenvalue weighted by Crippen LogP contribution is -1.93. The molecule has 0 amide bonds. The third kappa shape index (κ3) is 0.860. The summed E-state index contributed by atoms with van der Waals surface area (Å²) < 4.78 is 0. The molecular formula is C10H9-. The lowest BCUT2D eigenvalue weighted by Gasteiger charge is -2.17. The highest BCUT2D eigenvalue weighted by atomic mass is 14.1. The second kappa shape index (κ2) is 2.30. The van der Waals surface area contributed by atoms with Crippen LogP contribution in [0.4, 0.5) is 0 Å². The fourth-order valence-electron chi connectivity index (χ4n) is 1.29. The van der Waals surface area contributed by atoms with Crippen LogP contribution in [-0.2, 0) is 6.42 Å². The minimum atomic E-state index is 1.15. The Labute approximate surface area is 61.2 Å². The van der Waals surface area contributed by atoms with E-state index < -0.39 is 0 Å². The Kier molecular flexibility index (Phi) is 1.31. The van der Waals surface area contributed by atoms with Crippen molar-refractivity contribution in [1.82, 2.24) is 0 Å². The van der Waals surface area contributed by atoms with Crippen molar-refractivity contribution in [3.8, 4) is 0 Å². The molecule has 1 aliphatic carbocycles. The molecule has 1 aromatic carbocycles. The minimum Gasteiger partial charge on any atom is -0.190 e. The molecule has 0 saturated carbocycles. The maximum absolute atomic E-state index is 3.24. The van der Waals surface area contributed by atoms with Crippen molar-refractivity contribution in [1.29, 1.82) is 0 Å². The van der Waals surface area contributed by atoms with E-state index in [0.29, 0.717) is 0 Å². The second-order valence-corrected chi connectivity index (χ2v) is 2.54. The largest absolute Gasteiger partial charge is 0.190 e. The van der Waals surface area contributed by atoms with Crippen LogP contribution in [0.3, 0.4) is 0 Å². The molecule has 0 radical (unpaired) electrons. The van der Waals surface area contributed by atoms with Gasteiger partial charge in [0.1, 0.15) is 0 Å². The molecule has 0 atom stereocenters. The van der Waals surface area contributed by atoms with Crippen LogP contribution in [0, 0.1) is 6.08 Å². The predicted octanol–water partition coefficient (Wildman–Crippen LogP) is 2.34. The molecule has 50 valence electrons. The van der Waals surface area contributed by atoms with Crippen LogP contribution in [0.15, 0.2) is 30.3 Å². The zero-order chi connectivity index (χ0) is 6.81. The molecule has 2 rings (SSSR count). The van der Waals surface area contributed by atoms with Gasteiger partial charge in [0.05, 0.1) is 0 Å². The fourth-order valence-corrected chi connectivity index (χ4v) is 1.29. The van der Waals surface area contributed by atoms with E-state index in [9.17, 15) is 0 Å². The van der Waals surface area contributed by atoms with Gasteiger partial charge in [-0.2, -0.15) is 17.7 Å². The molecule has 10 heavy (non-hydrogen) atoms. The summed E-state index contributed by atoms with van der Waals surface area (Å²) in [6.07, 6.45) is 7.68. The Hall–Kier alpha value is -1.04. The topological polar surface area (TPSA) is 0 Å². The Morgan fingerprint density at radius 1 is 1.20 bits per heavy atom. The second-order valence-electron chi connectivity index (χ2n) is 2.54. The Morgan fingerprint density at radius 2 is 2.10 bits per heavy atom. The number of rotatable bonds is 0. The van der Waals surface area contributed by atoms with Crippen LogP contribution in [0.2, 0.25) is 0 Å². The molecule has 0 nitrogen and oxygen atoms in total. The average Bonchev–Trinajstić information content (AvgIpc) is 2.05. The van der Waals surface area contributed by atoms with Crippen LogP contribution in [0.5, 0.6) is 0 Å².